The Kier molecular flexibility index (Phi) is 3.21. The minimum Gasteiger partial charge on any atom is -0.325 e. The molecule has 0 atom stereocenters. The van der Waals surface area contributed by atoms with E-state index < -0.39 is 0 Å². The first-order valence-corrected chi connectivity index (χ1v) is 5.15. The van der Waals surface area contributed by atoms with Crippen molar-refractivity contribution < 1.29 is 0 Å². The Morgan fingerprint density at radius 1 is 1.00 bits per heavy atom. The van der Waals surface area contributed by atoms with Crippen LogP contribution < -0.4 is 5.73 Å². The largest absolute Gasteiger partial charge is 0.325 e. The van der Waals surface area contributed by atoms with Crippen LogP contribution in [-0.2, 0) is 6.54 Å². The van der Waals surface area contributed by atoms with E-state index in [1.807, 2.05) is 0 Å². The van der Waals surface area contributed by atoms with Crippen LogP contribution in [0.25, 0.3) is 0 Å². The first kappa shape index (κ1) is 10.0. The van der Waals surface area contributed by atoms with Crippen molar-refractivity contribution in [1.82, 2.24) is 19.9 Å². The van der Waals surface area contributed by atoms with Gasteiger partial charge in [-0.2, -0.15) is 0 Å². The lowest BCUT2D eigenvalue weighted by atomic mass is 10.5. The topological polar surface area (TPSA) is 77.6 Å². The minimum atomic E-state index is 0.406. The third-order valence-electron chi connectivity index (χ3n) is 1.64. The van der Waals surface area contributed by atoms with E-state index in [1.54, 1.807) is 31.0 Å². The monoisotopic (exact) mass is 219 g/mol. The van der Waals surface area contributed by atoms with Crippen LogP contribution in [0.5, 0.6) is 0 Å². The Bertz CT molecular complexity index is 416. The van der Waals surface area contributed by atoms with Gasteiger partial charge in [-0.3, -0.25) is 9.97 Å². The maximum absolute atomic E-state index is 5.42. The second-order valence-electron chi connectivity index (χ2n) is 2.70. The van der Waals surface area contributed by atoms with Crippen LogP contribution in [0.1, 0.15) is 5.69 Å². The molecule has 0 aromatic carbocycles. The smallest absolute Gasteiger partial charge is 0.121 e. The summed E-state index contributed by atoms with van der Waals surface area (Å²) in [6.45, 7) is 0.406. The van der Waals surface area contributed by atoms with Crippen LogP contribution in [0.2, 0.25) is 0 Å². The molecule has 0 saturated carbocycles. The molecule has 0 amide bonds. The maximum atomic E-state index is 5.42. The summed E-state index contributed by atoms with van der Waals surface area (Å²) in [6, 6.07) is 0. The van der Waals surface area contributed by atoms with Crippen LogP contribution in [0.4, 0.5) is 0 Å². The van der Waals surface area contributed by atoms with E-state index in [0.29, 0.717) is 6.54 Å². The standard InChI is InChI=1S/C9H9N5S/c10-3-7-4-14-9(6-13-7)15-8-5-11-1-2-12-8/h1-2,4-6H,3,10H2. The lowest BCUT2D eigenvalue weighted by Crippen LogP contribution is -2.00. The molecule has 0 aliphatic heterocycles. The van der Waals surface area contributed by atoms with Gasteiger partial charge in [0, 0.05) is 18.9 Å². The van der Waals surface area contributed by atoms with Crippen LogP contribution >= 0.6 is 11.8 Å². The number of rotatable bonds is 3. The molecule has 0 aliphatic rings. The fraction of sp³-hybridized carbons (Fsp3) is 0.111. The maximum Gasteiger partial charge on any atom is 0.121 e. The minimum absolute atomic E-state index is 0.406. The van der Waals surface area contributed by atoms with Gasteiger partial charge in [-0.1, -0.05) is 0 Å². The van der Waals surface area contributed by atoms with Crippen LogP contribution in [0.3, 0.4) is 0 Å². The number of nitrogens with two attached hydrogens (primary N) is 1. The fourth-order valence-corrected chi connectivity index (χ4v) is 1.60. The summed E-state index contributed by atoms with van der Waals surface area (Å²) < 4.78 is 0. The summed E-state index contributed by atoms with van der Waals surface area (Å²) >= 11 is 1.42. The molecule has 5 nitrogen and oxygen atoms in total. The Labute approximate surface area is 91.2 Å². The average Bonchev–Trinajstić information content (AvgIpc) is 2.31. The number of hydrogen-bond acceptors (Lipinski definition) is 6. The van der Waals surface area contributed by atoms with Gasteiger partial charge in [0.2, 0.25) is 0 Å². The molecule has 76 valence electrons. The number of hydrogen-bond donors (Lipinski definition) is 1. The zero-order valence-corrected chi connectivity index (χ0v) is 8.68. The molecule has 0 fully saturated rings. The van der Waals surface area contributed by atoms with Gasteiger partial charge in [0.15, 0.2) is 0 Å². The lowest BCUT2D eigenvalue weighted by Gasteiger charge is -1.99. The van der Waals surface area contributed by atoms with Gasteiger partial charge in [0.05, 0.1) is 24.3 Å². The molecule has 0 spiro atoms. The molecule has 2 aromatic heterocycles. The van der Waals surface area contributed by atoms with E-state index in [2.05, 4.69) is 19.9 Å². The molecule has 0 bridgehead atoms. The van der Waals surface area contributed by atoms with Crippen molar-refractivity contribution >= 4 is 11.8 Å². The van der Waals surface area contributed by atoms with Crippen molar-refractivity contribution in [2.75, 3.05) is 0 Å². The molecule has 0 saturated heterocycles. The molecule has 2 rings (SSSR count). The molecule has 0 unspecified atom stereocenters. The summed E-state index contributed by atoms with van der Waals surface area (Å²) in [5.74, 6) is 0. The molecular formula is C9H9N5S. The molecule has 2 heterocycles. The van der Waals surface area contributed by atoms with Gasteiger partial charge >= 0.3 is 0 Å². The van der Waals surface area contributed by atoms with Crippen molar-refractivity contribution in [2.24, 2.45) is 5.73 Å². The van der Waals surface area contributed by atoms with Gasteiger partial charge in [-0.25, -0.2) is 9.97 Å². The molecule has 0 aliphatic carbocycles. The second kappa shape index (κ2) is 4.81. The SMILES string of the molecule is NCc1cnc(Sc2cnccn2)cn1. The van der Waals surface area contributed by atoms with Crippen molar-refractivity contribution in [3.63, 3.8) is 0 Å². The lowest BCUT2D eigenvalue weighted by molar-refractivity contribution is 0.921. The second-order valence-corrected chi connectivity index (χ2v) is 3.74. The summed E-state index contributed by atoms with van der Waals surface area (Å²) in [7, 11) is 0. The van der Waals surface area contributed by atoms with Crippen molar-refractivity contribution in [2.45, 2.75) is 16.6 Å². The Morgan fingerprint density at radius 2 is 1.87 bits per heavy atom. The summed E-state index contributed by atoms with van der Waals surface area (Å²) in [4.78, 5) is 16.4. The van der Waals surface area contributed by atoms with E-state index in [1.165, 1.54) is 11.8 Å². The van der Waals surface area contributed by atoms with E-state index in [4.69, 9.17) is 5.73 Å². The number of aromatic nitrogens is 4. The van der Waals surface area contributed by atoms with E-state index >= 15 is 0 Å². The highest BCUT2D eigenvalue weighted by molar-refractivity contribution is 7.99. The highest BCUT2D eigenvalue weighted by Crippen LogP contribution is 2.21. The van der Waals surface area contributed by atoms with E-state index in [9.17, 15) is 0 Å². The fourth-order valence-electron chi connectivity index (χ4n) is 0.946. The summed E-state index contributed by atoms with van der Waals surface area (Å²) in [6.07, 6.45) is 8.31. The predicted octanol–water partition coefficient (Wildman–Crippen LogP) is 0.876. The van der Waals surface area contributed by atoms with Crippen molar-refractivity contribution in [3.05, 3.63) is 36.7 Å². The highest BCUT2D eigenvalue weighted by Gasteiger charge is 2.00. The Hall–Kier alpha value is -1.53. The van der Waals surface area contributed by atoms with Gasteiger partial charge in [0.1, 0.15) is 10.1 Å². The number of nitrogens with zero attached hydrogens (tertiary/aromatic N) is 4. The molecule has 6 heteroatoms. The predicted molar refractivity (Wildman–Crippen MR) is 56.1 cm³/mol. The quantitative estimate of drug-likeness (QED) is 0.825. The highest BCUT2D eigenvalue weighted by atomic mass is 32.2. The van der Waals surface area contributed by atoms with Gasteiger partial charge < -0.3 is 5.73 Å². The molecule has 2 aromatic rings. The van der Waals surface area contributed by atoms with Gasteiger partial charge in [-0.05, 0) is 11.8 Å². The average molecular weight is 219 g/mol. The van der Waals surface area contributed by atoms with Crippen molar-refractivity contribution in [3.8, 4) is 0 Å². The van der Waals surface area contributed by atoms with Crippen molar-refractivity contribution in [1.29, 1.82) is 0 Å². The summed E-state index contributed by atoms with van der Waals surface area (Å²) in [5.41, 5.74) is 6.20. The third kappa shape index (κ3) is 2.71. The summed E-state index contributed by atoms with van der Waals surface area (Å²) in [5, 5.41) is 1.58. The van der Waals surface area contributed by atoms with E-state index in [-0.39, 0.29) is 0 Å². The van der Waals surface area contributed by atoms with Crippen LogP contribution in [-0.4, -0.2) is 19.9 Å². The van der Waals surface area contributed by atoms with E-state index in [0.717, 1.165) is 15.7 Å². The molecule has 0 radical (unpaired) electrons. The van der Waals surface area contributed by atoms with Crippen LogP contribution in [0.15, 0.2) is 41.0 Å². The first-order valence-electron chi connectivity index (χ1n) is 4.33. The normalized spacial score (nSPS) is 10.2. The zero-order chi connectivity index (χ0) is 10.5. The molecule has 15 heavy (non-hydrogen) atoms. The molecule has 2 N–H and O–H groups in total. The van der Waals surface area contributed by atoms with Gasteiger partial charge in [0.25, 0.3) is 0 Å². The first-order chi connectivity index (χ1) is 7.38. The Morgan fingerprint density at radius 3 is 2.47 bits per heavy atom. The van der Waals surface area contributed by atoms with Gasteiger partial charge in [-0.15, -0.1) is 0 Å². The Balaban J connectivity index is 2.11. The van der Waals surface area contributed by atoms with Crippen LogP contribution in [0, 0.1) is 0 Å². The zero-order valence-electron chi connectivity index (χ0n) is 7.87. The third-order valence-corrected chi connectivity index (χ3v) is 2.48. The molecular weight excluding hydrogens is 210 g/mol.